The highest BCUT2D eigenvalue weighted by Gasteiger charge is 2.34. The smallest absolute Gasteiger partial charge is 0.321 e. The fourth-order valence-electron chi connectivity index (χ4n) is 2.57. The summed E-state index contributed by atoms with van der Waals surface area (Å²) in [6.45, 7) is 8.73. The van der Waals surface area contributed by atoms with Gasteiger partial charge in [-0.25, -0.2) is 9.78 Å². The number of aromatic nitrogens is 2. The second-order valence-electron chi connectivity index (χ2n) is 7.05. The van der Waals surface area contributed by atoms with E-state index in [0.29, 0.717) is 17.5 Å². The van der Waals surface area contributed by atoms with Gasteiger partial charge in [-0.05, 0) is 19.4 Å². The van der Waals surface area contributed by atoms with E-state index in [2.05, 4.69) is 20.0 Å². The number of amides is 2. The minimum absolute atomic E-state index is 0.0421. The topological polar surface area (TPSA) is 107 Å². The second-order valence-corrected chi connectivity index (χ2v) is 7.80. The number of carbonyl (C=O) groups excluding carboxylic acids is 1. The highest BCUT2D eigenvalue weighted by atomic mass is 32.1. The Morgan fingerprint density at radius 1 is 1.38 bits per heavy atom. The van der Waals surface area contributed by atoms with E-state index >= 15 is 0 Å². The first-order valence-corrected chi connectivity index (χ1v) is 8.84. The number of nitrogens with one attached hydrogen (secondary N) is 2. The van der Waals surface area contributed by atoms with E-state index in [9.17, 15) is 9.59 Å². The molecule has 2 amide bonds. The van der Waals surface area contributed by atoms with Crippen molar-refractivity contribution in [1.82, 2.24) is 19.6 Å². The third kappa shape index (κ3) is 4.88. The molecule has 2 rings (SSSR count). The van der Waals surface area contributed by atoms with Crippen LogP contribution in [0.2, 0.25) is 0 Å². The second kappa shape index (κ2) is 7.43. The van der Waals surface area contributed by atoms with Gasteiger partial charge >= 0.3 is 12.0 Å². The first kappa shape index (κ1) is 18.6. The van der Waals surface area contributed by atoms with Gasteiger partial charge in [-0.15, -0.1) is 0 Å². The lowest BCUT2D eigenvalue weighted by Gasteiger charge is -2.42. The molecule has 0 atom stereocenters. The van der Waals surface area contributed by atoms with Crippen LogP contribution in [0.5, 0.6) is 0 Å². The normalized spacial score (nSPS) is 20.5. The van der Waals surface area contributed by atoms with Gasteiger partial charge in [0, 0.05) is 29.0 Å². The van der Waals surface area contributed by atoms with Crippen LogP contribution in [-0.4, -0.2) is 56.5 Å². The van der Waals surface area contributed by atoms with Crippen molar-refractivity contribution in [3.8, 4) is 0 Å². The molecule has 3 N–H and O–H groups in total. The number of carbonyl (C=O) groups is 2. The maximum absolute atomic E-state index is 12.0. The van der Waals surface area contributed by atoms with Gasteiger partial charge in [0.25, 0.3) is 0 Å². The first-order chi connectivity index (χ1) is 11.2. The largest absolute Gasteiger partial charge is 0.480 e. The van der Waals surface area contributed by atoms with Crippen molar-refractivity contribution in [3.63, 3.8) is 0 Å². The Hall–Kier alpha value is -1.74. The van der Waals surface area contributed by atoms with Gasteiger partial charge in [0.05, 0.1) is 6.54 Å². The molecular formula is C15H25N5O3S. The Kier molecular flexibility index (Phi) is 5.76. The van der Waals surface area contributed by atoms with Gasteiger partial charge in [0.2, 0.25) is 5.13 Å². The maximum Gasteiger partial charge on any atom is 0.321 e. The number of likely N-dealkylation sites (N-methyl/N-ethyl adjacent to an activating group) is 1. The summed E-state index contributed by atoms with van der Waals surface area (Å²) in [4.78, 5) is 29.1. The van der Waals surface area contributed by atoms with Crippen LogP contribution in [0, 0.1) is 0 Å². The number of anilines is 1. The monoisotopic (exact) mass is 355 g/mol. The third-order valence-electron chi connectivity index (χ3n) is 4.03. The predicted octanol–water partition coefficient (Wildman–Crippen LogP) is 1.89. The molecule has 1 aliphatic carbocycles. The molecule has 1 aliphatic rings. The molecule has 0 aromatic carbocycles. The lowest BCUT2D eigenvalue weighted by molar-refractivity contribution is -0.139. The van der Waals surface area contributed by atoms with Crippen LogP contribution in [0.1, 0.15) is 46.4 Å². The predicted molar refractivity (Wildman–Crippen MR) is 92.5 cm³/mol. The zero-order valence-electron chi connectivity index (χ0n) is 14.5. The van der Waals surface area contributed by atoms with Crippen molar-refractivity contribution in [3.05, 3.63) is 5.82 Å². The van der Waals surface area contributed by atoms with Crippen LogP contribution in [0.4, 0.5) is 9.93 Å². The maximum atomic E-state index is 12.0. The standard InChI is InChI=1S/C15H25N5O3S/c1-5-20(8-11(21)22)10-6-9(7-10)16-13(23)18-14-17-12(19-24-14)15(2,3)4/h9-10H,5-8H2,1-4H3,(H,21,22)(H2,16,17,18,19,23). The Morgan fingerprint density at radius 2 is 2.04 bits per heavy atom. The fraction of sp³-hybridized carbons (Fsp3) is 0.733. The Labute approximate surface area is 145 Å². The Bertz CT molecular complexity index is 592. The molecular weight excluding hydrogens is 330 g/mol. The van der Waals surface area contributed by atoms with Crippen molar-refractivity contribution in [2.45, 2.75) is 58.0 Å². The van der Waals surface area contributed by atoms with E-state index in [1.165, 1.54) is 11.5 Å². The number of aliphatic carboxylic acids is 1. The van der Waals surface area contributed by atoms with Crippen LogP contribution < -0.4 is 10.6 Å². The molecule has 0 spiro atoms. The summed E-state index contributed by atoms with van der Waals surface area (Å²) >= 11 is 1.17. The summed E-state index contributed by atoms with van der Waals surface area (Å²) in [5.74, 6) is -0.115. The van der Waals surface area contributed by atoms with Gasteiger partial charge in [-0.3, -0.25) is 15.0 Å². The summed E-state index contributed by atoms with van der Waals surface area (Å²) in [7, 11) is 0. The number of nitrogens with zero attached hydrogens (tertiary/aromatic N) is 3. The number of hydrogen-bond donors (Lipinski definition) is 3. The van der Waals surface area contributed by atoms with E-state index in [0.717, 1.165) is 12.8 Å². The Morgan fingerprint density at radius 3 is 2.54 bits per heavy atom. The molecule has 0 saturated heterocycles. The number of urea groups is 1. The van der Waals surface area contributed by atoms with Gasteiger partial charge in [-0.2, -0.15) is 4.37 Å². The van der Waals surface area contributed by atoms with E-state index in [4.69, 9.17) is 5.11 Å². The van der Waals surface area contributed by atoms with Gasteiger partial charge in [-0.1, -0.05) is 27.7 Å². The van der Waals surface area contributed by atoms with E-state index < -0.39 is 5.97 Å². The summed E-state index contributed by atoms with van der Waals surface area (Å²) < 4.78 is 4.25. The molecule has 1 fully saturated rings. The molecule has 8 nitrogen and oxygen atoms in total. The van der Waals surface area contributed by atoms with Crippen LogP contribution in [0.15, 0.2) is 0 Å². The van der Waals surface area contributed by atoms with E-state index in [1.807, 2.05) is 32.6 Å². The highest BCUT2D eigenvalue weighted by Crippen LogP contribution is 2.26. The summed E-state index contributed by atoms with van der Waals surface area (Å²) in [5, 5.41) is 15.0. The van der Waals surface area contributed by atoms with Crippen LogP contribution in [0.25, 0.3) is 0 Å². The van der Waals surface area contributed by atoms with Gasteiger partial charge in [0.1, 0.15) is 5.82 Å². The van der Waals surface area contributed by atoms with E-state index in [-0.39, 0.29) is 30.1 Å². The molecule has 1 saturated carbocycles. The molecule has 24 heavy (non-hydrogen) atoms. The lowest BCUT2D eigenvalue weighted by atomic mass is 9.85. The Balaban J connectivity index is 1.76. The molecule has 1 aromatic heterocycles. The molecule has 0 unspecified atom stereocenters. The minimum atomic E-state index is -0.822. The van der Waals surface area contributed by atoms with Crippen LogP contribution in [0.3, 0.4) is 0 Å². The number of carboxylic acid groups (broad SMARTS) is 1. The van der Waals surface area contributed by atoms with Crippen molar-refractivity contribution in [2.75, 3.05) is 18.4 Å². The van der Waals surface area contributed by atoms with Crippen LogP contribution in [-0.2, 0) is 10.2 Å². The first-order valence-electron chi connectivity index (χ1n) is 8.06. The number of rotatable bonds is 6. The van der Waals surface area contributed by atoms with Crippen molar-refractivity contribution >= 4 is 28.7 Å². The van der Waals surface area contributed by atoms with Crippen molar-refractivity contribution < 1.29 is 14.7 Å². The van der Waals surface area contributed by atoms with Crippen LogP contribution >= 0.6 is 11.5 Å². The highest BCUT2D eigenvalue weighted by molar-refractivity contribution is 7.09. The van der Waals surface area contributed by atoms with Gasteiger partial charge < -0.3 is 10.4 Å². The molecule has 1 aromatic rings. The van der Waals surface area contributed by atoms with Crippen molar-refractivity contribution in [1.29, 1.82) is 0 Å². The van der Waals surface area contributed by atoms with E-state index in [1.54, 1.807) is 0 Å². The average Bonchev–Trinajstić information content (AvgIpc) is 2.88. The molecule has 134 valence electrons. The molecule has 9 heteroatoms. The zero-order chi connectivity index (χ0) is 17.9. The lowest BCUT2D eigenvalue weighted by Crippen LogP contribution is -2.55. The molecule has 0 aliphatic heterocycles. The fourth-order valence-corrected chi connectivity index (χ4v) is 3.33. The average molecular weight is 355 g/mol. The SMILES string of the molecule is CCN(CC(=O)O)C1CC(NC(=O)Nc2nc(C(C)(C)C)ns2)C1. The molecule has 0 bridgehead atoms. The third-order valence-corrected chi connectivity index (χ3v) is 4.66. The van der Waals surface area contributed by atoms with Crippen molar-refractivity contribution in [2.24, 2.45) is 0 Å². The summed E-state index contributed by atoms with van der Waals surface area (Å²) in [6, 6.07) is -0.0189. The summed E-state index contributed by atoms with van der Waals surface area (Å²) in [6.07, 6.45) is 1.52. The quantitative estimate of drug-likeness (QED) is 0.719. The molecule has 0 radical (unpaired) electrons. The zero-order valence-corrected chi connectivity index (χ0v) is 15.3. The number of hydrogen-bond acceptors (Lipinski definition) is 6. The minimum Gasteiger partial charge on any atom is -0.480 e. The molecule has 1 heterocycles. The van der Waals surface area contributed by atoms with Gasteiger partial charge in [0.15, 0.2) is 0 Å². The summed E-state index contributed by atoms with van der Waals surface area (Å²) in [5.41, 5.74) is -0.151. The number of carboxylic acids is 1.